The molecule has 25 heavy (non-hydrogen) atoms. The van der Waals surface area contributed by atoms with Crippen LogP contribution in [0.1, 0.15) is 17.1 Å². The van der Waals surface area contributed by atoms with Gasteiger partial charge in [0, 0.05) is 44.5 Å². The molecule has 2 heterocycles. The van der Waals surface area contributed by atoms with Crippen molar-refractivity contribution >= 4 is 41.3 Å². The van der Waals surface area contributed by atoms with Gasteiger partial charge in [-0.1, -0.05) is 0 Å². The highest BCUT2D eigenvalue weighted by Crippen LogP contribution is 2.29. The Morgan fingerprint density at radius 2 is 2.12 bits per heavy atom. The van der Waals surface area contributed by atoms with Crippen LogP contribution in [0.3, 0.4) is 0 Å². The van der Waals surface area contributed by atoms with Gasteiger partial charge in [0.05, 0.1) is 18.2 Å². The van der Waals surface area contributed by atoms with Crippen molar-refractivity contribution in [2.24, 2.45) is 10.7 Å². The Hall–Kier alpha value is -0.660. The number of hydrogen-bond acceptors (Lipinski definition) is 5. The summed E-state index contributed by atoms with van der Waals surface area (Å²) in [6, 6.07) is 0. The molecule has 0 aliphatic carbocycles. The number of hydrogen-bond donors (Lipinski definition) is 2. The standard InChI is InChI=1S/C14H22F3N5OS.HI/c15-14(16,17)11-10-24-12(21-11)2-4-20-13(18)19-3-1-5-22-6-8-23-9-7-22;/h10H,1-9H2,(H3,18,19,20);1H. The summed E-state index contributed by atoms with van der Waals surface area (Å²) in [5, 5.41) is 4.35. The molecule has 0 saturated carbocycles. The van der Waals surface area contributed by atoms with Crippen LogP contribution in [-0.4, -0.2) is 61.8 Å². The number of alkyl halides is 3. The minimum Gasteiger partial charge on any atom is -0.379 e. The van der Waals surface area contributed by atoms with E-state index in [1.165, 1.54) is 0 Å². The molecule has 1 aliphatic rings. The topological polar surface area (TPSA) is 75.8 Å². The minimum atomic E-state index is -4.39. The summed E-state index contributed by atoms with van der Waals surface area (Å²) in [5.74, 6) is 0.310. The fourth-order valence-electron chi connectivity index (χ4n) is 2.23. The van der Waals surface area contributed by atoms with Gasteiger partial charge in [0.15, 0.2) is 11.7 Å². The fourth-order valence-corrected chi connectivity index (χ4v) is 3.03. The number of aromatic nitrogens is 1. The Labute approximate surface area is 166 Å². The first-order chi connectivity index (χ1) is 11.4. The third kappa shape index (κ3) is 8.51. The molecule has 6 nitrogen and oxygen atoms in total. The Morgan fingerprint density at radius 3 is 2.76 bits per heavy atom. The Kier molecular flexibility index (Phi) is 9.97. The average Bonchev–Trinajstić information content (AvgIpc) is 3.02. The Bertz CT molecular complexity index is 535. The first-order valence-corrected chi connectivity index (χ1v) is 8.68. The van der Waals surface area contributed by atoms with E-state index in [4.69, 9.17) is 10.5 Å². The lowest BCUT2D eigenvalue weighted by atomic mass is 10.3. The molecule has 0 unspecified atom stereocenters. The van der Waals surface area contributed by atoms with Gasteiger partial charge in [-0.15, -0.1) is 35.3 Å². The molecule has 2 rings (SSSR count). The SMILES string of the molecule is I.NC(=NCCCN1CCOCC1)NCCc1nc(C(F)(F)F)cs1. The van der Waals surface area contributed by atoms with Gasteiger partial charge >= 0.3 is 6.18 Å². The van der Waals surface area contributed by atoms with Gasteiger partial charge < -0.3 is 15.8 Å². The summed E-state index contributed by atoms with van der Waals surface area (Å²) in [5.41, 5.74) is 4.90. The van der Waals surface area contributed by atoms with Crippen molar-refractivity contribution in [1.82, 2.24) is 15.2 Å². The van der Waals surface area contributed by atoms with Crippen molar-refractivity contribution in [3.8, 4) is 0 Å². The third-order valence-corrected chi connectivity index (χ3v) is 4.41. The molecule has 1 aliphatic heterocycles. The first kappa shape index (κ1) is 22.4. The zero-order valence-electron chi connectivity index (χ0n) is 13.7. The number of aliphatic imine (C=N–C) groups is 1. The van der Waals surface area contributed by atoms with Gasteiger partial charge in [0.1, 0.15) is 0 Å². The third-order valence-electron chi connectivity index (χ3n) is 3.51. The summed E-state index contributed by atoms with van der Waals surface area (Å²) < 4.78 is 42.6. The fraction of sp³-hybridized carbons (Fsp3) is 0.714. The molecule has 144 valence electrons. The van der Waals surface area contributed by atoms with Crippen LogP contribution in [0.25, 0.3) is 0 Å². The lowest BCUT2D eigenvalue weighted by molar-refractivity contribution is -0.140. The molecule has 11 heteroatoms. The van der Waals surface area contributed by atoms with Crippen LogP contribution in [0, 0.1) is 0 Å². The normalized spacial score (nSPS) is 16.5. The number of nitrogens with zero attached hydrogens (tertiary/aromatic N) is 3. The molecule has 0 spiro atoms. The van der Waals surface area contributed by atoms with Crippen molar-refractivity contribution < 1.29 is 17.9 Å². The highest BCUT2D eigenvalue weighted by Gasteiger charge is 2.33. The number of thiazole rings is 1. The van der Waals surface area contributed by atoms with Gasteiger partial charge in [-0.05, 0) is 6.42 Å². The quantitative estimate of drug-likeness (QED) is 0.263. The number of ether oxygens (including phenoxy) is 1. The largest absolute Gasteiger partial charge is 0.434 e. The van der Waals surface area contributed by atoms with Gasteiger partial charge in [0.25, 0.3) is 0 Å². The average molecular weight is 493 g/mol. The van der Waals surface area contributed by atoms with Crippen LogP contribution in [0.4, 0.5) is 13.2 Å². The molecule has 1 fully saturated rings. The van der Waals surface area contributed by atoms with Crippen molar-refractivity contribution in [2.45, 2.75) is 19.0 Å². The molecule has 0 amide bonds. The number of halogens is 4. The molecule has 1 aromatic rings. The zero-order valence-corrected chi connectivity index (χ0v) is 16.9. The number of guanidine groups is 1. The Morgan fingerprint density at radius 1 is 1.40 bits per heavy atom. The second kappa shape index (κ2) is 11.1. The van der Waals surface area contributed by atoms with Gasteiger partial charge in [0.2, 0.25) is 0 Å². The van der Waals surface area contributed by atoms with Crippen molar-refractivity contribution in [3.05, 3.63) is 16.1 Å². The molecule has 0 aromatic carbocycles. The van der Waals surface area contributed by atoms with Crippen LogP contribution in [0.2, 0.25) is 0 Å². The maximum atomic E-state index is 12.4. The zero-order chi connectivity index (χ0) is 17.4. The smallest absolute Gasteiger partial charge is 0.379 e. The number of nitrogens with two attached hydrogens (primary N) is 1. The second-order valence-corrected chi connectivity index (χ2v) is 6.32. The molecule has 1 saturated heterocycles. The van der Waals surface area contributed by atoms with Crippen molar-refractivity contribution in [1.29, 1.82) is 0 Å². The van der Waals surface area contributed by atoms with Crippen LogP contribution in [0.5, 0.6) is 0 Å². The number of rotatable bonds is 7. The first-order valence-electron chi connectivity index (χ1n) is 7.80. The molecular formula is C14H23F3IN5OS. The predicted molar refractivity (Wildman–Crippen MR) is 103 cm³/mol. The summed E-state index contributed by atoms with van der Waals surface area (Å²) in [6.45, 7) is 5.44. The monoisotopic (exact) mass is 493 g/mol. The Balaban J connectivity index is 0.00000312. The lowest BCUT2D eigenvalue weighted by Gasteiger charge is -2.26. The van der Waals surface area contributed by atoms with E-state index in [0.29, 0.717) is 30.5 Å². The van der Waals surface area contributed by atoms with E-state index >= 15 is 0 Å². The summed E-state index contributed by atoms with van der Waals surface area (Å²) in [4.78, 5) is 10.1. The van der Waals surface area contributed by atoms with E-state index in [2.05, 4.69) is 20.2 Å². The maximum Gasteiger partial charge on any atom is 0.434 e. The molecule has 3 N–H and O–H groups in total. The highest BCUT2D eigenvalue weighted by atomic mass is 127. The van der Waals surface area contributed by atoms with E-state index in [1.54, 1.807) is 0 Å². The van der Waals surface area contributed by atoms with Gasteiger partial charge in [-0.3, -0.25) is 9.89 Å². The second-order valence-electron chi connectivity index (χ2n) is 5.38. The van der Waals surface area contributed by atoms with Crippen LogP contribution in [0.15, 0.2) is 10.4 Å². The van der Waals surface area contributed by atoms with Crippen LogP contribution in [-0.2, 0) is 17.3 Å². The number of nitrogens with one attached hydrogen (secondary N) is 1. The summed E-state index contributed by atoms with van der Waals surface area (Å²) in [7, 11) is 0. The van der Waals surface area contributed by atoms with E-state index in [1.807, 2.05) is 0 Å². The number of morpholine rings is 1. The van der Waals surface area contributed by atoms with Crippen molar-refractivity contribution in [3.63, 3.8) is 0 Å². The summed E-state index contributed by atoms with van der Waals surface area (Å²) >= 11 is 0.998. The lowest BCUT2D eigenvalue weighted by Crippen LogP contribution is -2.37. The maximum absolute atomic E-state index is 12.4. The molecule has 1 aromatic heterocycles. The van der Waals surface area contributed by atoms with Gasteiger partial charge in [-0.2, -0.15) is 13.2 Å². The molecule has 0 bridgehead atoms. The molecule has 0 atom stereocenters. The van der Waals surface area contributed by atoms with Gasteiger partial charge in [-0.25, -0.2) is 4.98 Å². The highest BCUT2D eigenvalue weighted by molar-refractivity contribution is 14.0. The minimum absolute atomic E-state index is 0. The summed E-state index contributed by atoms with van der Waals surface area (Å²) in [6.07, 6.45) is -3.10. The molecule has 0 radical (unpaired) electrons. The van der Waals surface area contributed by atoms with E-state index in [9.17, 15) is 13.2 Å². The van der Waals surface area contributed by atoms with E-state index in [-0.39, 0.29) is 24.0 Å². The van der Waals surface area contributed by atoms with Crippen LogP contribution >= 0.6 is 35.3 Å². The molecular weight excluding hydrogens is 470 g/mol. The van der Waals surface area contributed by atoms with Crippen LogP contribution < -0.4 is 11.1 Å². The predicted octanol–water partition coefficient (Wildman–Crippen LogP) is 1.95. The van der Waals surface area contributed by atoms with E-state index in [0.717, 1.165) is 56.0 Å². The van der Waals surface area contributed by atoms with Crippen molar-refractivity contribution in [2.75, 3.05) is 45.9 Å². The van der Waals surface area contributed by atoms with E-state index < -0.39 is 11.9 Å².